The summed E-state index contributed by atoms with van der Waals surface area (Å²) in [6, 6.07) is 1.67. The van der Waals surface area contributed by atoms with Crippen LogP contribution in [-0.4, -0.2) is 24.7 Å². The molecule has 0 aliphatic carbocycles. The Morgan fingerprint density at radius 1 is 1.27 bits per heavy atom. The first-order chi connectivity index (χ1) is 12.2. The van der Waals surface area contributed by atoms with Crippen LogP contribution in [-0.2, 0) is 9.53 Å². The summed E-state index contributed by atoms with van der Waals surface area (Å²) in [6.45, 7) is 8.87. The average Bonchev–Trinajstić information content (AvgIpc) is 2.52. The minimum atomic E-state index is -0.705. The maximum absolute atomic E-state index is 14.1. The van der Waals surface area contributed by atoms with Gasteiger partial charge in [-0.3, -0.25) is 0 Å². The second-order valence-electron chi connectivity index (χ2n) is 5.69. The van der Waals surface area contributed by atoms with Crippen molar-refractivity contribution in [3.05, 3.63) is 34.2 Å². The Hall–Kier alpha value is -2.28. The van der Waals surface area contributed by atoms with Gasteiger partial charge in [0.25, 0.3) is 0 Å². The molecule has 8 heteroatoms. The van der Waals surface area contributed by atoms with Crippen LogP contribution in [0.3, 0.4) is 0 Å². The highest BCUT2D eigenvalue weighted by Gasteiger charge is 2.16. The average molecular weight is 387 g/mol. The van der Waals surface area contributed by atoms with Crippen molar-refractivity contribution >= 4 is 29.3 Å². The lowest BCUT2D eigenvalue weighted by molar-refractivity contribution is -0.138. The van der Waals surface area contributed by atoms with Gasteiger partial charge in [0.1, 0.15) is 11.6 Å². The molecule has 0 atom stereocenters. The van der Waals surface area contributed by atoms with Crippen LogP contribution in [0.1, 0.15) is 41.0 Å². The summed E-state index contributed by atoms with van der Waals surface area (Å²) in [6.07, 6.45) is 0.216. The van der Waals surface area contributed by atoms with E-state index in [1.165, 1.54) is 6.07 Å². The number of ether oxygens (including phenoxy) is 2. The van der Waals surface area contributed by atoms with E-state index >= 15 is 0 Å². The molecule has 0 heterocycles. The first kappa shape index (κ1) is 21.8. The predicted molar refractivity (Wildman–Crippen MR) is 99.0 cm³/mol. The molecule has 0 saturated heterocycles. The van der Waals surface area contributed by atoms with E-state index in [1.807, 2.05) is 0 Å². The monoisotopic (exact) mass is 386 g/mol. The third-order valence-electron chi connectivity index (χ3n) is 3.26. The number of hydrogen-bond donors (Lipinski definition) is 2. The zero-order chi connectivity index (χ0) is 19.9. The fourth-order valence-corrected chi connectivity index (χ4v) is 2.34. The highest BCUT2D eigenvalue weighted by atomic mass is 35.5. The number of halogens is 2. The summed E-state index contributed by atoms with van der Waals surface area (Å²) in [5.74, 6) is -0.950. The van der Waals surface area contributed by atoms with Crippen molar-refractivity contribution in [3.8, 4) is 5.75 Å². The molecule has 144 valence electrons. The number of urea groups is 1. The maximum atomic E-state index is 14.1. The molecule has 0 aromatic heterocycles. The van der Waals surface area contributed by atoms with Crippen molar-refractivity contribution in [2.45, 2.75) is 47.1 Å². The van der Waals surface area contributed by atoms with Crippen LogP contribution in [0.2, 0.25) is 5.02 Å². The van der Waals surface area contributed by atoms with Gasteiger partial charge in [-0.15, -0.1) is 0 Å². The topological polar surface area (TPSA) is 76.7 Å². The number of benzene rings is 1. The summed E-state index contributed by atoms with van der Waals surface area (Å²) in [7, 11) is 0. The molecule has 26 heavy (non-hydrogen) atoms. The lowest BCUT2D eigenvalue weighted by Gasteiger charge is -2.15. The fourth-order valence-electron chi connectivity index (χ4n) is 2.15. The Labute approximate surface area is 157 Å². The van der Waals surface area contributed by atoms with Crippen LogP contribution < -0.4 is 15.4 Å². The van der Waals surface area contributed by atoms with Gasteiger partial charge in [0.05, 0.1) is 29.0 Å². The van der Waals surface area contributed by atoms with E-state index in [1.54, 1.807) is 34.6 Å². The largest absolute Gasteiger partial charge is 0.489 e. The Morgan fingerprint density at radius 2 is 1.92 bits per heavy atom. The molecule has 0 spiro atoms. The van der Waals surface area contributed by atoms with E-state index in [9.17, 15) is 14.0 Å². The molecule has 0 bridgehead atoms. The van der Waals surface area contributed by atoms with Crippen molar-refractivity contribution < 1.29 is 23.5 Å². The van der Waals surface area contributed by atoms with Crippen LogP contribution in [0.5, 0.6) is 5.75 Å². The van der Waals surface area contributed by atoms with Crippen molar-refractivity contribution in [3.63, 3.8) is 0 Å². The van der Waals surface area contributed by atoms with Gasteiger partial charge < -0.3 is 20.1 Å². The van der Waals surface area contributed by atoms with Crippen LogP contribution in [0, 0.1) is 5.82 Å². The van der Waals surface area contributed by atoms with Gasteiger partial charge in [0.2, 0.25) is 0 Å². The lowest BCUT2D eigenvalue weighted by Crippen LogP contribution is -2.29. The molecule has 0 fully saturated rings. The Bertz CT molecular complexity index is 705. The van der Waals surface area contributed by atoms with Crippen molar-refractivity contribution in [2.75, 3.05) is 11.9 Å². The van der Waals surface area contributed by atoms with Crippen molar-refractivity contribution in [1.29, 1.82) is 0 Å². The minimum absolute atomic E-state index is 0.0930. The van der Waals surface area contributed by atoms with Crippen LogP contribution in [0.25, 0.3) is 0 Å². The summed E-state index contributed by atoms with van der Waals surface area (Å²) >= 11 is 5.94. The molecule has 1 aromatic carbocycles. The smallest absolute Gasteiger partial charge is 0.335 e. The highest BCUT2D eigenvalue weighted by molar-refractivity contribution is 6.32. The van der Waals surface area contributed by atoms with Gasteiger partial charge in [-0.2, -0.15) is 0 Å². The second kappa shape index (κ2) is 10.0. The first-order valence-electron chi connectivity index (χ1n) is 8.30. The highest BCUT2D eigenvalue weighted by Crippen LogP contribution is 2.31. The molecule has 1 aromatic rings. The zero-order valence-electron chi connectivity index (χ0n) is 15.5. The van der Waals surface area contributed by atoms with Gasteiger partial charge in [-0.1, -0.05) is 18.5 Å². The summed E-state index contributed by atoms with van der Waals surface area (Å²) in [5.41, 5.74) is 0.573. The third kappa shape index (κ3) is 6.22. The quantitative estimate of drug-likeness (QED) is 0.529. The molecule has 0 saturated carbocycles. The molecule has 6 nitrogen and oxygen atoms in total. The Kier molecular flexibility index (Phi) is 8.38. The standard InChI is InChI=1S/C18H24ClFN2O4/c1-6-12(17(23)25-7-2)11(5)21-18(24)22-15-9-16(26-10(3)4)13(19)8-14(15)20/h8-10H,6-7H2,1-5H3,(H2,21,22,24). The van der Waals surface area contributed by atoms with Gasteiger partial charge >= 0.3 is 12.0 Å². The van der Waals surface area contributed by atoms with Crippen LogP contribution >= 0.6 is 11.6 Å². The maximum Gasteiger partial charge on any atom is 0.335 e. The molecule has 2 N–H and O–H groups in total. The van der Waals surface area contributed by atoms with E-state index in [4.69, 9.17) is 21.1 Å². The molecule has 0 radical (unpaired) electrons. The predicted octanol–water partition coefficient (Wildman–Crippen LogP) is 4.63. The zero-order valence-corrected chi connectivity index (χ0v) is 16.3. The minimum Gasteiger partial charge on any atom is -0.489 e. The summed E-state index contributed by atoms with van der Waals surface area (Å²) < 4.78 is 24.5. The van der Waals surface area contributed by atoms with Gasteiger partial charge in [0, 0.05) is 11.8 Å². The molecular weight excluding hydrogens is 363 g/mol. The Morgan fingerprint density at radius 3 is 2.46 bits per heavy atom. The Balaban J connectivity index is 2.95. The summed E-state index contributed by atoms with van der Waals surface area (Å²) in [5, 5.41) is 5.00. The van der Waals surface area contributed by atoms with Gasteiger partial charge in [-0.05, 0) is 40.2 Å². The lowest BCUT2D eigenvalue weighted by atomic mass is 10.1. The normalized spacial score (nSPS) is 11.7. The molecule has 0 aliphatic rings. The second-order valence-corrected chi connectivity index (χ2v) is 6.09. The molecular formula is C18H24ClFN2O4. The number of allylic oxidation sites excluding steroid dienone is 1. The van der Waals surface area contributed by atoms with Crippen LogP contribution in [0.15, 0.2) is 23.4 Å². The number of carbonyl (C=O) groups excluding carboxylic acids is 2. The number of anilines is 1. The molecule has 1 rings (SSSR count). The number of hydrogen-bond acceptors (Lipinski definition) is 4. The van der Waals surface area contributed by atoms with Gasteiger partial charge in [-0.25, -0.2) is 14.0 Å². The molecule has 0 unspecified atom stereocenters. The summed E-state index contributed by atoms with van der Waals surface area (Å²) in [4.78, 5) is 24.0. The van der Waals surface area contributed by atoms with E-state index in [0.717, 1.165) is 6.07 Å². The van der Waals surface area contributed by atoms with Crippen molar-refractivity contribution in [2.24, 2.45) is 0 Å². The molecule has 2 amide bonds. The first-order valence-corrected chi connectivity index (χ1v) is 8.67. The SMILES string of the molecule is CCOC(=O)C(CC)=C(C)NC(=O)Nc1cc(OC(C)C)c(Cl)cc1F. The number of carbonyl (C=O) groups is 2. The van der Waals surface area contributed by atoms with Crippen LogP contribution in [0.4, 0.5) is 14.9 Å². The number of esters is 1. The van der Waals surface area contributed by atoms with E-state index < -0.39 is 17.8 Å². The number of nitrogens with one attached hydrogen (secondary N) is 2. The van der Waals surface area contributed by atoms with Gasteiger partial charge in [0.15, 0.2) is 0 Å². The molecule has 0 aliphatic heterocycles. The van der Waals surface area contributed by atoms with Crippen molar-refractivity contribution in [1.82, 2.24) is 5.32 Å². The fraction of sp³-hybridized carbons (Fsp3) is 0.444. The third-order valence-corrected chi connectivity index (χ3v) is 3.56. The number of amides is 2. The van der Waals surface area contributed by atoms with E-state index in [2.05, 4.69) is 10.6 Å². The van der Waals surface area contributed by atoms with E-state index in [0.29, 0.717) is 17.7 Å². The number of rotatable bonds is 7. The van der Waals surface area contributed by atoms with E-state index in [-0.39, 0.29) is 29.2 Å².